The molecule has 0 aliphatic heterocycles. The maximum absolute atomic E-state index is 12.0. The fourth-order valence-electron chi connectivity index (χ4n) is 4.66. The Morgan fingerprint density at radius 1 is 0.615 bits per heavy atom. The summed E-state index contributed by atoms with van der Waals surface area (Å²) in [7, 11) is 0. The first-order valence-corrected chi connectivity index (χ1v) is 8.40. The summed E-state index contributed by atoms with van der Waals surface area (Å²) in [6.07, 6.45) is 0. The third-order valence-electron chi connectivity index (χ3n) is 5.56. The predicted octanol–water partition coefficient (Wildman–Crippen LogP) is 4.07. The van der Waals surface area contributed by atoms with E-state index in [-0.39, 0.29) is 23.0 Å². The highest BCUT2D eigenvalue weighted by atomic mass is 16.4. The molecule has 3 aromatic rings. The second kappa shape index (κ2) is 5.05. The molecule has 4 nitrogen and oxygen atoms in total. The molecule has 3 aromatic carbocycles. The molecule has 0 saturated carbocycles. The Kier molecular flexibility index (Phi) is 2.89. The highest BCUT2D eigenvalue weighted by Gasteiger charge is 2.44. The first-order valence-electron chi connectivity index (χ1n) is 8.40. The van der Waals surface area contributed by atoms with Gasteiger partial charge in [-0.2, -0.15) is 0 Å². The van der Waals surface area contributed by atoms with Gasteiger partial charge in [0.15, 0.2) is 0 Å². The Bertz CT molecular complexity index is 1070. The smallest absolute Gasteiger partial charge is 0.336 e. The Balaban J connectivity index is 1.93. The number of rotatable bonds is 2. The van der Waals surface area contributed by atoms with E-state index in [0.717, 1.165) is 16.7 Å². The first kappa shape index (κ1) is 14.9. The van der Waals surface area contributed by atoms with Crippen LogP contribution in [0.3, 0.4) is 0 Å². The standard InChI is InChI=1S/C22H14O4/c23-21(24)16-10-9-15-17-11-5-1-3-7-13(11)18(19(15)20(16)22(25)26)14-8-4-2-6-12(14)17/h1-10,17-18H,(H,23,24)(H,25,26). The van der Waals surface area contributed by atoms with Crippen molar-refractivity contribution in [2.24, 2.45) is 0 Å². The number of hydrogen-bond acceptors (Lipinski definition) is 2. The molecule has 0 unspecified atom stereocenters. The summed E-state index contributed by atoms with van der Waals surface area (Å²) < 4.78 is 0. The van der Waals surface area contributed by atoms with E-state index in [4.69, 9.17) is 0 Å². The van der Waals surface area contributed by atoms with Gasteiger partial charge in [0.2, 0.25) is 0 Å². The minimum Gasteiger partial charge on any atom is -0.478 e. The van der Waals surface area contributed by atoms with Crippen molar-refractivity contribution in [1.82, 2.24) is 0 Å². The number of carboxylic acids is 2. The fraction of sp³-hybridized carbons (Fsp3) is 0.0909. The maximum atomic E-state index is 12.0. The third kappa shape index (κ3) is 1.73. The second-order valence-electron chi connectivity index (χ2n) is 6.73. The highest BCUT2D eigenvalue weighted by molar-refractivity contribution is 6.04. The molecule has 0 aromatic heterocycles. The highest BCUT2D eigenvalue weighted by Crippen LogP contribution is 2.56. The van der Waals surface area contributed by atoms with Crippen LogP contribution in [0.2, 0.25) is 0 Å². The van der Waals surface area contributed by atoms with E-state index in [2.05, 4.69) is 12.1 Å². The minimum absolute atomic E-state index is 0.0663. The number of carboxylic acid groups (broad SMARTS) is 2. The lowest BCUT2D eigenvalue weighted by atomic mass is 9.60. The van der Waals surface area contributed by atoms with Gasteiger partial charge in [-0.05, 0) is 39.4 Å². The molecule has 0 saturated heterocycles. The molecular formula is C22H14O4. The Labute approximate surface area is 149 Å². The van der Waals surface area contributed by atoms with Crippen molar-refractivity contribution in [3.8, 4) is 0 Å². The number of aromatic carboxylic acids is 2. The van der Waals surface area contributed by atoms with Crippen molar-refractivity contribution in [1.29, 1.82) is 0 Å². The molecule has 0 heterocycles. The first-order chi connectivity index (χ1) is 12.6. The molecule has 126 valence electrons. The monoisotopic (exact) mass is 342 g/mol. The van der Waals surface area contributed by atoms with Crippen LogP contribution in [0.25, 0.3) is 0 Å². The average Bonchev–Trinajstić information content (AvgIpc) is 2.66. The molecule has 0 atom stereocenters. The van der Waals surface area contributed by atoms with Gasteiger partial charge in [0, 0.05) is 11.8 Å². The van der Waals surface area contributed by atoms with Crippen molar-refractivity contribution < 1.29 is 19.8 Å². The normalized spacial score (nSPS) is 18.6. The summed E-state index contributed by atoms with van der Waals surface area (Å²) in [5.74, 6) is -2.73. The SMILES string of the molecule is O=C(O)c1ccc2c(c1C(=O)O)C1c3ccccc3C2c2ccccc21. The van der Waals surface area contributed by atoms with Crippen LogP contribution in [-0.2, 0) is 0 Å². The van der Waals surface area contributed by atoms with Gasteiger partial charge in [-0.25, -0.2) is 9.59 Å². The molecule has 0 radical (unpaired) electrons. The summed E-state index contributed by atoms with van der Waals surface area (Å²) in [6.45, 7) is 0. The van der Waals surface area contributed by atoms with Crippen molar-refractivity contribution in [3.63, 3.8) is 0 Å². The zero-order valence-corrected chi connectivity index (χ0v) is 13.6. The van der Waals surface area contributed by atoms with Gasteiger partial charge < -0.3 is 10.2 Å². The molecule has 6 rings (SSSR count). The number of hydrogen-bond donors (Lipinski definition) is 2. The van der Waals surface area contributed by atoms with Gasteiger partial charge in [0.05, 0.1) is 11.1 Å². The predicted molar refractivity (Wildman–Crippen MR) is 95.1 cm³/mol. The molecule has 0 spiro atoms. The number of benzene rings is 3. The van der Waals surface area contributed by atoms with E-state index < -0.39 is 11.9 Å². The quantitative estimate of drug-likeness (QED) is 0.507. The van der Waals surface area contributed by atoms with E-state index in [1.807, 2.05) is 36.4 Å². The molecule has 2 bridgehead atoms. The van der Waals surface area contributed by atoms with Gasteiger partial charge >= 0.3 is 11.9 Å². The summed E-state index contributed by atoms with van der Waals surface area (Å²) in [4.78, 5) is 23.7. The van der Waals surface area contributed by atoms with E-state index in [1.165, 1.54) is 17.2 Å². The van der Waals surface area contributed by atoms with Crippen molar-refractivity contribution >= 4 is 11.9 Å². The lowest BCUT2D eigenvalue weighted by Crippen LogP contribution is -2.30. The van der Waals surface area contributed by atoms with Crippen LogP contribution >= 0.6 is 0 Å². The zero-order valence-electron chi connectivity index (χ0n) is 13.6. The van der Waals surface area contributed by atoms with Crippen molar-refractivity contribution in [3.05, 3.63) is 105 Å². The molecule has 0 fully saturated rings. The van der Waals surface area contributed by atoms with Crippen LogP contribution < -0.4 is 0 Å². The van der Waals surface area contributed by atoms with E-state index in [1.54, 1.807) is 6.07 Å². The topological polar surface area (TPSA) is 74.6 Å². The van der Waals surface area contributed by atoms with E-state index in [9.17, 15) is 19.8 Å². The van der Waals surface area contributed by atoms with Gasteiger partial charge in [-0.1, -0.05) is 54.6 Å². The van der Waals surface area contributed by atoms with Gasteiger partial charge in [-0.3, -0.25) is 0 Å². The summed E-state index contributed by atoms with van der Waals surface area (Å²) in [5.41, 5.74) is 5.75. The lowest BCUT2D eigenvalue weighted by molar-refractivity contribution is 0.0650. The maximum Gasteiger partial charge on any atom is 0.336 e. The summed E-state index contributed by atoms with van der Waals surface area (Å²) in [5, 5.41) is 19.3. The molecular weight excluding hydrogens is 328 g/mol. The van der Waals surface area contributed by atoms with Crippen LogP contribution in [0.1, 0.15) is 65.9 Å². The van der Waals surface area contributed by atoms with Crippen LogP contribution in [0.5, 0.6) is 0 Å². The van der Waals surface area contributed by atoms with Crippen molar-refractivity contribution in [2.45, 2.75) is 11.8 Å². The Morgan fingerprint density at radius 2 is 1.12 bits per heavy atom. The second-order valence-corrected chi connectivity index (χ2v) is 6.73. The molecule has 0 amide bonds. The van der Waals surface area contributed by atoms with E-state index in [0.29, 0.717) is 5.56 Å². The molecule has 26 heavy (non-hydrogen) atoms. The Morgan fingerprint density at radius 3 is 1.58 bits per heavy atom. The summed E-state index contributed by atoms with van der Waals surface area (Å²) >= 11 is 0. The fourth-order valence-corrected chi connectivity index (χ4v) is 4.66. The largest absolute Gasteiger partial charge is 0.478 e. The Hall–Kier alpha value is -3.40. The van der Waals surface area contributed by atoms with E-state index >= 15 is 0 Å². The number of carbonyl (C=O) groups is 2. The van der Waals surface area contributed by atoms with Gasteiger partial charge in [0.25, 0.3) is 0 Å². The zero-order chi connectivity index (χ0) is 18.0. The van der Waals surface area contributed by atoms with Crippen LogP contribution in [-0.4, -0.2) is 22.2 Å². The van der Waals surface area contributed by atoms with Crippen LogP contribution in [0.15, 0.2) is 60.7 Å². The van der Waals surface area contributed by atoms with Gasteiger partial charge in [-0.15, -0.1) is 0 Å². The van der Waals surface area contributed by atoms with Crippen molar-refractivity contribution in [2.75, 3.05) is 0 Å². The molecule has 3 aliphatic carbocycles. The molecule has 4 heteroatoms. The minimum atomic E-state index is -1.21. The summed E-state index contributed by atoms with van der Waals surface area (Å²) in [6, 6.07) is 19.3. The molecule has 2 N–H and O–H groups in total. The third-order valence-corrected chi connectivity index (χ3v) is 5.56. The van der Waals surface area contributed by atoms with Crippen LogP contribution in [0.4, 0.5) is 0 Å². The molecule has 3 aliphatic rings. The van der Waals surface area contributed by atoms with Crippen LogP contribution in [0, 0.1) is 0 Å². The average molecular weight is 342 g/mol. The van der Waals surface area contributed by atoms with Gasteiger partial charge in [0.1, 0.15) is 0 Å². The lowest BCUT2D eigenvalue weighted by Gasteiger charge is -2.42.